The first-order valence-electron chi connectivity index (χ1n) is 8.19. The van der Waals surface area contributed by atoms with E-state index in [-0.39, 0.29) is 17.9 Å². The van der Waals surface area contributed by atoms with Crippen LogP contribution in [0.15, 0.2) is 12.4 Å². The van der Waals surface area contributed by atoms with Crippen LogP contribution >= 0.6 is 0 Å². The largest absolute Gasteiger partial charge is 0.378 e. The summed E-state index contributed by atoms with van der Waals surface area (Å²) in [4.78, 5) is 37.2. The highest BCUT2D eigenvalue weighted by atomic mass is 16.5. The molecular weight excluding hydrogens is 296 g/mol. The molecule has 23 heavy (non-hydrogen) atoms. The fraction of sp³-hybridized carbons (Fsp3) is 0.625. The van der Waals surface area contributed by atoms with Crippen molar-refractivity contribution in [1.29, 1.82) is 0 Å². The number of amides is 2. The van der Waals surface area contributed by atoms with Gasteiger partial charge in [0.15, 0.2) is 0 Å². The summed E-state index contributed by atoms with van der Waals surface area (Å²) in [6, 6.07) is -0.369. The molecule has 0 radical (unpaired) electrons. The average Bonchev–Trinajstić information content (AvgIpc) is 3.11. The molecule has 7 heteroatoms. The van der Waals surface area contributed by atoms with Crippen LogP contribution in [-0.2, 0) is 16.0 Å². The molecule has 1 atom stereocenters. The van der Waals surface area contributed by atoms with Crippen LogP contribution in [0.25, 0.3) is 0 Å². The van der Waals surface area contributed by atoms with Gasteiger partial charge in [-0.3, -0.25) is 9.59 Å². The van der Waals surface area contributed by atoms with Gasteiger partial charge in [0, 0.05) is 38.4 Å². The topological polar surface area (TPSA) is 75.6 Å². The van der Waals surface area contributed by atoms with Crippen molar-refractivity contribution in [2.75, 3.05) is 32.8 Å². The zero-order valence-electron chi connectivity index (χ0n) is 13.4. The SMILES string of the molecule is CCc1ncc(C(=O)N2CCCC2C(=O)N2CCOCC2)cn1. The van der Waals surface area contributed by atoms with Crippen molar-refractivity contribution >= 4 is 11.8 Å². The Balaban J connectivity index is 1.72. The van der Waals surface area contributed by atoms with Gasteiger partial charge < -0.3 is 14.5 Å². The molecule has 0 aliphatic carbocycles. The highest BCUT2D eigenvalue weighted by molar-refractivity contribution is 5.97. The van der Waals surface area contributed by atoms with Gasteiger partial charge in [0.25, 0.3) is 5.91 Å². The van der Waals surface area contributed by atoms with Crippen LogP contribution in [0.1, 0.15) is 35.9 Å². The molecule has 3 heterocycles. The van der Waals surface area contributed by atoms with Crippen LogP contribution in [-0.4, -0.2) is 70.5 Å². The first-order chi connectivity index (χ1) is 11.2. The van der Waals surface area contributed by atoms with Gasteiger partial charge in [-0.05, 0) is 12.8 Å². The molecule has 1 aromatic heterocycles. The van der Waals surface area contributed by atoms with Gasteiger partial charge in [-0.2, -0.15) is 0 Å². The van der Waals surface area contributed by atoms with E-state index in [1.54, 1.807) is 22.2 Å². The predicted molar refractivity (Wildman–Crippen MR) is 82.9 cm³/mol. The Morgan fingerprint density at radius 2 is 1.91 bits per heavy atom. The van der Waals surface area contributed by atoms with Crippen molar-refractivity contribution < 1.29 is 14.3 Å². The summed E-state index contributed by atoms with van der Waals surface area (Å²) in [6.45, 7) is 4.91. The quantitative estimate of drug-likeness (QED) is 0.811. The molecule has 0 bridgehead atoms. The maximum Gasteiger partial charge on any atom is 0.257 e. The third kappa shape index (κ3) is 3.34. The number of hydrogen-bond donors (Lipinski definition) is 0. The van der Waals surface area contributed by atoms with Gasteiger partial charge in [-0.15, -0.1) is 0 Å². The predicted octanol–water partition coefficient (Wildman–Crippen LogP) is 0.502. The Labute approximate surface area is 135 Å². The minimum atomic E-state index is -0.369. The second kappa shape index (κ2) is 7.04. The number of carbonyl (C=O) groups excluding carboxylic acids is 2. The van der Waals surface area contributed by atoms with E-state index in [0.29, 0.717) is 44.2 Å². The molecule has 0 N–H and O–H groups in total. The Morgan fingerprint density at radius 1 is 1.22 bits per heavy atom. The number of nitrogens with zero attached hydrogens (tertiary/aromatic N) is 4. The van der Waals surface area contributed by atoms with Gasteiger partial charge in [0.1, 0.15) is 11.9 Å². The van der Waals surface area contributed by atoms with Crippen molar-refractivity contribution in [3.8, 4) is 0 Å². The Morgan fingerprint density at radius 3 is 2.57 bits per heavy atom. The highest BCUT2D eigenvalue weighted by Crippen LogP contribution is 2.22. The number of rotatable bonds is 3. The molecule has 3 rings (SSSR count). The van der Waals surface area contributed by atoms with Crippen LogP contribution < -0.4 is 0 Å². The number of aryl methyl sites for hydroxylation is 1. The number of hydrogen-bond acceptors (Lipinski definition) is 5. The summed E-state index contributed by atoms with van der Waals surface area (Å²) in [7, 11) is 0. The molecule has 2 aliphatic heterocycles. The molecule has 0 saturated carbocycles. The molecular formula is C16H22N4O3. The van der Waals surface area contributed by atoms with Crippen molar-refractivity contribution in [3.05, 3.63) is 23.8 Å². The molecule has 1 unspecified atom stereocenters. The van der Waals surface area contributed by atoms with Gasteiger partial charge >= 0.3 is 0 Å². The smallest absolute Gasteiger partial charge is 0.257 e. The number of ether oxygens (including phenoxy) is 1. The second-order valence-corrected chi connectivity index (χ2v) is 5.84. The van der Waals surface area contributed by atoms with E-state index in [4.69, 9.17) is 4.74 Å². The van der Waals surface area contributed by atoms with Crippen molar-refractivity contribution in [1.82, 2.24) is 19.8 Å². The summed E-state index contributed by atoms with van der Waals surface area (Å²) in [5.41, 5.74) is 0.448. The minimum absolute atomic E-state index is 0.0326. The lowest BCUT2D eigenvalue weighted by molar-refractivity contribution is -0.139. The maximum absolute atomic E-state index is 12.7. The van der Waals surface area contributed by atoms with E-state index in [2.05, 4.69) is 9.97 Å². The van der Waals surface area contributed by atoms with E-state index in [9.17, 15) is 9.59 Å². The van der Waals surface area contributed by atoms with Crippen molar-refractivity contribution in [3.63, 3.8) is 0 Å². The van der Waals surface area contributed by atoms with E-state index in [1.807, 2.05) is 6.92 Å². The van der Waals surface area contributed by atoms with E-state index in [1.165, 1.54) is 0 Å². The first-order valence-corrected chi connectivity index (χ1v) is 8.19. The molecule has 124 valence electrons. The highest BCUT2D eigenvalue weighted by Gasteiger charge is 2.37. The van der Waals surface area contributed by atoms with Crippen LogP contribution in [0.2, 0.25) is 0 Å². The normalized spacial score (nSPS) is 21.5. The maximum atomic E-state index is 12.7. The minimum Gasteiger partial charge on any atom is -0.378 e. The summed E-state index contributed by atoms with van der Waals surface area (Å²) in [5.74, 6) is 0.589. The Hall–Kier alpha value is -2.02. The van der Waals surface area contributed by atoms with Gasteiger partial charge in [0.2, 0.25) is 5.91 Å². The third-order valence-electron chi connectivity index (χ3n) is 4.39. The number of aromatic nitrogens is 2. The van der Waals surface area contributed by atoms with Crippen LogP contribution in [0.3, 0.4) is 0 Å². The fourth-order valence-electron chi connectivity index (χ4n) is 3.07. The zero-order valence-corrected chi connectivity index (χ0v) is 13.4. The van der Waals surface area contributed by atoms with Gasteiger partial charge in [-0.1, -0.05) is 6.92 Å². The summed E-state index contributed by atoms with van der Waals surface area (Å²) in [5, 5.41) is 0. The standard InChI is InChI=1S/C16H22N4O3/c1-2-14-17-10-12(11-18-14)15(21)20-5-3-4-13(20)16(22)19-6-8-23-9-7-19/h10-11,13H,2-9H2,1H3. The molecule has 0 spiro atoms. The number of carbonyl (C=O) groups is 2. The second-order valence-electron chi connectivity index (χ2n) is 5.84. The van der Waals surface area contributed by atoms with Crippen LogP contribution in [0.4, 0.5) is 0 Å². The van der Waals surface area contributed by atoms with E-state index < -0.39 is 0 Å². The van der Waals surface area contributed by atoms with Gasteiger partial charge in [0.05, 0.1) is 18.8 Å². The van der Waals surface area contributed by atoms with Gasteiger partial charge in [-0.25, -0.2) is 9.97 Å². The molecule has 1 aromatic rings. The first kappa shape index (κ1) is 15.9. The molecule has 2 saturated heterocycles. The molecule has 0 aromatic carbocycles. The molecule has 2 aliphatic rings. The Kier molecular flexibility index (Phi) is 4.85. The van der Waals surface area contributed by atoms with E-state index in [0.717, 1.165) is 19.3 Å². The fourth-order valence-corrected chi connectivity index (χ4v) is 3.07. The average molecular weight is 318 g/mol. The lowest BCUT2D eigenvalue weighted by Gasteiger charge is -2.32. The zero-order chi connectivity index (χ0) is 16.2. The number of morpholine rings is 1. The number of likely N-dealkylation sites (tertiary alicyclic amines) is 1. The third-order valence-corrected chi connectivity index (χ3v) is 4.39. The summed E-state index contributed by atoms with van der Waals surface area (Å²) < 4.78 is 5.29. The Bertz CT molecular complexity index is 569. The molecule has 7 nitrogen and oxygen atoms in total. The van der Waals surface area contributed by atoms with Crippen LogP contribution in [0.5, 0.6) is 0 Å². The van der Waals surface area contributed by atoms with Crippen molar-refractivity contribution in [2.45, 2.75) is 32.2 Å². The summed E-state index contributed by atoms with van der Waals surface area (Å²) in [6.07, 6.45) is 5.41. The molecule has 2 amide bonds. The monoisotopic (exact) mass is 318 g/mol. The van der Waals surface area contributed by atoms with Crippen molar-refractivity contribution in [2.24, 2.45) is 0 Å². The summed E-state index contributed by atoms with van der Waals surface area (Å²) >= 11 is 0. The van der Waals surface area contributed by atoms with Crippen LogP contribution in [0, 0.1) is 0 Å². The lowest BCUT2D eigenvalue weighted by atomic mass is 10.1. The molecule has 2 fully saturated rings. The lowest BCUT2D eigenvalue weighted by Crippen LogP contribution is -2.51. The van der Waals surface area contributed by atoms with E-state index >= 15 is 0 Å².